The van der Waals surface area contributed by atoms with Gasteiger partial charge < -0.3 is 10.1 Å². The third-order valence-corrected chi connectivity index (χ3v) is 2.89. The van der Waals surface area contributed by atoms with Crippen LogP contribution >= 0.6 is 11.6 Å². The van der Waals surface area contributed by atoms with Gasteiger partial charge in [-0.1, -0.05) is 11.6 Å². The van der Waals surface area contributed by atoms with E-state index < -0.39 is 0 Å². The molecular weight excluding hydrogens is 241 g/mol. The normalized spacial score (nSPS) is 13.6. The Bertz CT molecular complexity index is 406. The number of benzene rings is 1. The van der Waals surface area contributed by atoms with E-state index in [1.165, 1.54) is 17.7 Å². The van der Waals surface area contributed by atoms with E-state index >= 15 is 0 Å². The van der Waals surface area contributed by atoms with E-state index in [9.17, 15) is 4.39 Å². The molecule has 94 valence electrons. The molecule has 0 spiro atoms. The van der Waals surface area contributed by atoms with Crippen molar-refractivity contribution in [2.45, 2.75) is 19.9 Å². The molecule has 17 heavy (non-hydrogen) atoms. The predicted molar refractivity (Wildman–Crippen MR) is 69.0 cm³/mol. The summed E-state index contributed by atoms with van der Waals surface area (Å²) in [6.07, 6.45) is 0. The number of nitrogens with one attached hydrogen (secondary N) is 1. The van der Waals surface area contributed by atoms with Crippen molar-refractivity contribution in [3.8, 4) is 5.75 Å². The van der Waals surface area contributed by atoms with Gasteiger partial charge in [0.05, 0.1) is 0 Å². The Morgan fingerprint density at radius 2 is 2.29 bits per heavy atom. The fourth-order valence-corrected chi connectivity index (χ4v) is 1.43. The van der Waals surface area contributed by atoms with Crippen LogP contribution in [0.2, 0.25) is 0 Å². The SMILES string of the molecule is CNC(C)c1cc(F)ccc1OC/C(C)=C/Cl. The molecule has 0 heterocycles. The Labute approximate surface area is 106 Å². The largest absolute Gasteiger partial charge is 0.489 e. The van der Waals surface area contributed by atoms with Crippen LogP contribution in [-0.4, -0.2) is 13.7 Å². The van der Waals surface area contributed by atoms with Crippen LogP contribution in [-0.2, 0) is 0 Å². The molecule has 0 aliphatic rings. The number of ether oxygens (including phenoxy) is 1. The number of rotatable bonds is 5. The monoisotopic (exact) mass is 257 g/mol. The maximum absolute atomic E-state index is 13.2. The topological polar surface area (TPSA) is 21.3 Å². The molecule has 0 aliphatic carbocycles. The second-order valence-electron chi connectivity index (χ2n) is 3.94. The van der Waals surface area contributed by atoms with Crippen molar-refractivity contribution in [1.82, 2.24) is 5.32 Å². The Balaban J connectivity index is 2.90. The maximum atomic E-state index is 13.2. The van der Waals surface area contributed by atoms with Gasteiger partial charge in [0.1, 0.15) is 18.2 Å². The van der Waals surface area contributed by atoms with Crippen LogP contribution in [0.1, 0.15) is 25.5 Å². The molecule has 1 rings (SSSR count). The van der Waals surface area contributed by atoms with E-state index in [1.807, 2.05) is 20.9 Å². The molecule has 1 N–H and O–H groups in total. The third kappa shape index (κ3) is 4.02. The van der Waals surface area contributed by atoms with Crippen molar-refractivity contribution >= 4 is 11.6 Å². The minimum Gasteiger partial charge on any atom is -0.489 e. The van der Waals surface area contributed by atoms with Gasteiger partial charge in [-0.3, -0.25) is 0 Å². The first kappa shape index (κ1) is 14.0. The minimum atomic E-state index is -0.265. The first-order chi connectivity index (χ1) is 8.08. The highest BCUT2D eigenvalue weighted by Gasteiger charge is 2.11. The highest BCUT2D eigenvalue weighted by atomic mass is 35.5. The Morgan fingerprint density at radius 3 is 2.88 bits per heavy atom. The highest BCUT2D eigenvalue weighted by Crippen LogP contribution is 2.26. The summed E-state index contributed by atoms with van der Waals surface area (Å²) in [6.45, 7) is 4.22. The zero-order valence-corrected chi connectivity index (χ0v) is 11.0. The van der Waals surface area contributed by atoms with Gasteiger partial charge in [0.25, 0.3) is 0 Å². The van der Waals surface area contributed by atoms with E-state index in [4.69, 9.17) is 16.3 Å². The summed E-state index contributed by atoms with van der Waals surface area (Å²) in [5.41, 5.74) is 3.19. The van der Waals surface area contributed by atoms with Crippen LogP contribution in [0.5, 0.6) is 5.75 Å². The zero-order valence-electron chi connectivity index (χ0n) is 10.3. The second kappa shape index (κ2) is 6.62. The summed E-state index contributed by atoms with van der Waals surface area (Å²) < 4.78 is 18.8. The lowest BCUT2D eigenvalue weighted by molar-refractivity contribution is 0.344. The maximum Gasteiger partial charge on any atom is 0.124 e. The molecule has 0 saturated carbocycles. The fourth-order valence-electron chi connectivity index (χ4n) is 1.37. The van der Waals surface area contributed by atoms with Gasteiger partial charge >= 0.3 is 0 Å². The quantitative estimate of drug-likeness (QED) is 0.870. The van der Waals surface area contributed by atoms with Crippen molar-refractivity contribution in [1.29, 1.82) is 0 Å². The highest BCUT2D eigenvalue weighted by molar-refractivity contribution is 6.25. The first-order valence-electron chi connectivity index (χ1n) is 5.43. The lowest BCUT2D eigenvalue weighted by Gasteiger charge is -2.16. The average Bonchev–Trinajstić information content (AvgIpc) is 2.35. The smallest absolute Gasteiger partial charge is 0.124 e. The molecule has 4 heteroatoms. The summed E-state index contributed by atoms with van der Waals surface area (Å²) >= 11 is 5.56. The van der Waals surface area contributed by atoms with Crippen LogP contribution in [0, 0.1) is 5.82 Å². The summed E-state index contributed by atoms with van der Waals surface area (Å²) in [7, 11) is 1.82. The van der Waals surface area contributed by atoms with E-state index in [0.29, 0.717) is 12.4 Å². The summed E-state index contributed by atoms with van der Waals surface area (Å²) in [5, 5.41) is 3.06. The molecule has 1 unspecified atom stereocenters. The van der Waals surface area contributed by atoms with Crippen molar-refractivity contribution < 1.29 is 9.13 Å². The molecule has 0 fully saturated rings. The zero-order chi connectivity index (χ0) is 12.8. The van der Waals surface area contributed by atoms with Crippen LogP contribution in [0.15, 0.2) is 29.3 Å². The number of halogens is 2. The Hall–Kier alpha value is -1.06. The molecule has 0 bridgehead atoms. The van der Waals surface area contributed by atoms with Crippen molar-refractivity contribution in [2.24, 2.45) is 0 Å². The number of hydrogen-bond donors (Lipinski definition) is 1. The lowest BCUT2D eigenvalue weighted by atomic mass is 10.1. The van der Waals surface area contributed by atoms with Gasteiger partial charge in [-0.05, 0) is 44.7 Å². The summed E-state index contributed by atoms with van der Waals surface area (Å²) in [4.78, 5) is 0. The molecule has 0 amide bonds. The molecule has 0 aliphatic heterocycles. The van der Waals surface area contributed by atoms with Gasteiger partial charge in [0.15, 0.2) is 0 Å². The fraction of sp³-hybridized carbons (Fsp3) is 0.385. The van der Waals surface area contributed by atoms with E-state index in [2.05, 4.69) is 5.32 Å². The Kier molecular flexibility index (Phi) is 5.45. The van der Waals surface area contributed by atoms with Crippen LogP contribution < -0.4 is 10.1 Å². The third-order valence-electron chi connectivity index (χ3n) is 2.51. The lowest BCUT2D eigenvalue weighted by Crippen LogP contribution is -2.14. The molecule has 2 nitrogen and oxygen atoms in total. The summed E-state index contributed by atoms with van der Waals surface area (Å²) in [6, 6.07) is 4.54. The molecule has 0 radical (unpaired) electrons. The standard InChI is InChI=1S/C13H17ClFNO/c1-9(7-14)8-17-13-5-4-11(15)6-12(13)10(2)16-3/h4-7,10,16H,8H2,1-3H3/b9-7+. The van der Waals surface area contributed by atoms with Gasteiger partial charge in [-0.2, -0.15) is 0 Å². The van der Waals surface area contributed by atoms with Gasteiger partial charge in [-0.25, -0.2) is 4.39 Å². The molecule has 1 aromatic carbocycles. The van der Waals surface area contributed by atoms with E-state index in [1.54, 1.807) is 6.07 Å². The Morgan fingerprint density at radius 1 is 1.59 bits per heavy atom. The predicted octanol–water partition coefficient (Wildman–Crippen LogP) is 3.63. The van der Waals surface area contributed by atoms with Gasteiger partial charge in [-0.15, -0.1) is 0 Å². The average molecular weight is 258 g/mol. The first-order valence-corrected chi connectivity index (χ1v) is 5.87. The summed E-state index contributed by atoms with van der Waals surface area (Å²) in [5.74, 6) is 0.408. The molecule has 1 aromatic rings. The van der Waals surface area contributed by atoms with Gasteiger partial charge in [0.2, 0.25) is 0 Å². The second-order valence-corrected chi connectivity index (χ2v) is 4.15. The van der Waals surface area contributed by atoms with Crippen LogP contribution in [0.3, 0.4) is 0 Å². The number of hydrogen-bond acceptors (Lipinski definition) is 2. The molecule has 0 saturated heterocycles. The van der Waals surface area contributed by atoms with Gasteiger partial charge in [0, 0.05) is 17.1 Å². The van der Waals surface area contributed by atoms with Crippen molar-refractivity contribution in [2.75, 3.05) is 13.7 Å². The molecule has 0 aromatic heterocycles. The van der Waals surface area contributed by atoms with Crippen LogP contribution in [0.4, 0.5) is 4.39 Å². The minimum absolute atomic E-state index is 0.0287. The van der Waals surface area contributed by atoms with Crippen molar-refractivity contribution in [3.63, 3.8) is 0 Å². The molecule has 1 atom stereocenters. The molecular formula is C13H17ClFNO. The van der Waals surface area contributed by atoms with Crippen LogP contribution in [0.25, 0.3) is 0 Å². The van der Waals surface area contributed by atoms with E-state index in [-0.39, 0.29) is 11.9 Å². The van der Waals surface area contributed by atoms with E-state index in [0.717, 1.165) is 11.1 Å². The van der Waals surface area contributed by atoms with Crippen molar-refractivity contribution in [3.05, 3.63) is 40.7 Å².